The molecule has 2 N–H and O–H groups in total. The first-order chi connectivity index (χ1) is 12.0. The van der Waals surface area contributed by atoms with Gasteiger partial charge in [0.25, 0.3) is 10.0 Å². The summed E-state index contributed by atoms with van der Waals surface area (Å²) in [5, 5.41) is 14.3. The van der Waals surface area contributed by atoms with Gasteiger partial charge in [-0.3, -0.25) is 0 Å². The number of nitrogens with zero attached hydrogens (tertiary/aromatic N) is 2. The Bertz CT molecular complexity index is 797. The third-order valence-corrected chi connectivity index (χ3v) is 5.32. The molecule has 0 saturated heterocycles. The van der Waals surface area contributed by atoms with E-state index in [0.29, 0.717) is 17.3 Å². The predicted octanol–water partition coefficient (Wildman–Crippen LogP) is 5.43. The highest BCUT2D eigenvalue weighted by Gasteiger charge is 2.12. The molecule has 0 aliphatic heterocycles. The van der Waals surface area contributed by atoms with Crippen molar-refractivity contribution in [1.82, 2.24) is 4.98 Å². The molecule has 1 aromatic heterocycles. The van der Waals surface area contributed by atoms with Crippen LogP contribution in [0.25, 0.3) is 10.9 Å². The third kappa shape index (κ3) is 6.16. The normalized spacial score (nSPS) is 12.4. The summed E-state index contributed by atoms with van der Waals surface area (Å²) in [7, 11) is -3.61. The van der Waals surface area contributed by atoms with Gasteiger partial charge >= 0.3 is 0 Å². The van der Waals surface area contributed by atoms with Gasteiger partial charge in [-0.15, -0.1) is 5.11 Å². The zero-order valence-electron chi connectivity index (χ0n) is 14.7. The van der Waals surface area contributed by atoms with Crippen molar-refractivity contribution in [3.8, 4) is 5.88 Å². The van der Waals surface area contributed by atoms with E-state index in [1.807, 2.05) is 6.07 Å². The van der Waals surface area contributed by atoms with E-state index in [2.05, 4.69) is 21.5 Å². The van der Waals surface area contributed by atoms with Crippen LogP contribution in [0.4, 0.5) is 5.69 Å². The molecule has 2 aromatic rings. The lowest BCUT2D eigenvalue weighted by atomic mass is 10.1. The van der Waals surface area contributed by atoms with Crippen LogP contribution in [0.5, 0.6) is 5.88 Å². The lowest BCUT2D eigenvalue weighted by Gasteiger charge is -2.01. The van der Waals surface area contributed by atoms with E-state index in [-0.39, 0.29) is 17.3 Å². The van der Waals surface area contributed by atoms with Crippen molar-refractivity contribution in [1.29, 1.82) is 0 Å². The molecule has 0 fully saturated rings. The molecule has 1 heterocycles. The van der Waals surface area contributed by atoms with Gasteiger partial charge in [0, 0.05) is 5.39 Å². The summed E-state index contributed by atoms with van der Waals surface area (Å²) >= 11 is 0. The van der Waals surface area contributed by atoms with Gasteiger partial charge in [0.1, 0.15) is 0 Å². The molecule has 0 radical (unpaired) electrons. The number of aromatic nitrogens is 1. The molecule has 0 saturated carbocycles. The number of unbranched alkanes of at least 4 members (excludes halogenated alkanes) is 7. The first-order valence-electron chi connectivity index (χ1n) is 8.99. The van der Waals surface area contributed by atoms with Crippen LogP contribution in [0.3, 0.4) is 0 Å². The zero-order valence-corrected chi connectivity index (χ0v) is 15.6. The molecular weight excluding hydrogens is 338 g/mol. The fraction of sp³-hybridized carbons (Fsp3) is 0.556. The molecule has 0 aliphatic rings. The van der Waals surface area contributed by atoms with Crippen molar-refractivity contribution < 1.29 is 13.5 Å². The largest absolute Gasteiger partial charge is 0.493 e. The second-order valence-corrected chi connectivity index (χ2v) is 8.05. The number of hydrogen-bond acceptors (Lipinski definition) is 4. The van der Waals surface area contributed by atoms with Gasteiger partial charge in [0.15, 0.2) is 5.69 Å². The van der Waals surface area contributed by atoms with E-state index in [1.165, 1.54) is 25.7 Å². The average Bonchev–Trinajstić information content (AvgIpc) is 2.91. The number of fused-ring (bicyclic) bond motifs is 1. The lowest BCUT2D eigenvalue weighted by molar-refractivity contribution is 0.459. The van der Waals surface area contributed by atoms with Crippen molar-refractivity contribution in [2.75, 3.05) is 5.75 Å². The van der Waals surface area contributed by atoms with E-state index in [1.54, 1.807) is 18.2 Å². The molecule has 0 atom stereocenters. The molecule has 0 aliphatic carbocycles. The molecule has 138 valence electrons. The van der Waals surface area contributed by atoms with E-state index in [0.717, 1.165) is 19.3 Å². The summed E-state index contributed by atoms with van der Waals surface area (Å²) < 4.78 is 27.5. The van der Waals surface area contributed by atoms with E-state index in [9.17, 15) is 13.5 Å². The number of hydrogen-bond donors (Lipinski definition) is 2. The second-order valence-electron chi connectivity index (χ2n) is 6.31. The van der Waals surface area contributed by atoms with Crippen molar-refractivity contribution in [2.45, 2.75) is 58.3 Å². The topological polar surface area (TPSA) is 94.9 Å². The highest BCUT2D eigenvalue weighted by atomic mass is 32.2. The van der Waals surface area contributed by atoms with Crippen molar-refractivity contribution >= 4 is 26.6 Å². The fourth-order valence-corrected chi connectivity index (χ4v) is 3.63. The van der Waals surface area contributed by atoms with Gasteiger partial charge < -0.3 is 10.1 Å². The number of H-pyrrole nitrogens is 1. The Labute approximate surface area is 149 Å². The Morgan fingerprint density at radius 2 is 1.64 bits per heavy atom. The molecular formula is C18H27N3O3S. The SMILES string of the molecule is CCCCCCCCCCS(=O)(=O)N=Nc1c(O)[nH]c2ccccc12. The molecule has 6 nitrogen and oxygen atoms in total. The van der Waals surface area contributed by atoms with E-state index >= 15 is 0 Å². The van der Waals surface area contributed by atoms with Crippen molar-refractivity contribution in [3.63, 3.8) is 0 Å². The Morgan fingerprint density at radius 1 is 1.00 bits per heavy atom. The predicted molar refractivity (Wildman–Crippen MR) is 101 cm³/mol. The highest BCUT2D eigenvalue weighted by Crippen LogP contribution is 2.35. The maximum atomic E-state index is 12.0. The zero-order chi connectivity index (χ0) is 18.1. The summed E-state index contributed by atoms with van der Waals surface area (Å²) in [6, 6.07) is 7.15. The summed E-state index contributed by atoms with van der Waals surface area (Å²) in [5.74, 6) is -0.179. The van der Waals surface area contributed by atoms with Gasteiger partial charge in [-0.1, -0.05) is 74.6 Å². The first-order valence-corrected chi connectivity index (χ1v) is 10.6. The standard InChI is InChI=1S/C18H27N3O3S/c1-2-3-4-5-6-7-8-11-14-25(23,24)21-20-17-15-12-9-10-13-16(15)19-18(17)22/h9-10,12-13,19,22H,2-8,11,14H2,1H3. The third-order valence-electron chi connectivity index (χ3n) is 4.18. The van der Waals surface area contributed by atoms with Crippen LogP contribution in [0.15, 0.2) is 33.9 Å². The van der Waals surface area contributed by atoms with Crippen molar-refractivity contribution in [2.24, 2.45) is 9.63 Å². The quantitative estimate of drug-likeness (QED) is 0.410. The van der Waals surface area contributed by atoms with Gasteiger partial charge in [-0.2, -0.15) is 0 Å². The second kappa shape index (κ2) is 9.56. The fourth-order valence-electron chi connectivity index (χ4n) is 2.78. The molecule has 0 amide bonds. The first kappa shape index (κ1) is 19.4. The van der Waals surface area contributed by atoms with Gasteiger partial charge in [-0.05, 0) is 12.5 Å². The number of nitrogens with one attached hydrogen (secondary N) is 1. The molecule has 0 spiro atoms. The van der Waals surface area contributed by atoms with Crippen molar-refractivity contribution in [3.05, 3.63) is 24.3 Å². The minimum atomic E-state index is -3.61. The Morgan fingerprint density at radius 3 is 2.36 bits per heavy atom. The van der Waals surface area contributed by atoms with Gasteiger partial charge in [-0.25, -0.2) is 8.42 Å². The molecule has 25 heavy (non-hydrogen) atoms. The van der Waals surface area contributed by atoms with Crippen LogP contribution >= 0.6 is 0 Å². The molecule has 0 unspecified atom stereocenters. The number of rotatable bonds is 11. The van der Waals surface area contributed by atoms with Crippen LogP contribution in [0.2, 0.25) is 0 Å². The van der Waals surface area contributed by atoms with Crippen LogP contribution < -0.4 is 0 Å². The average molecular weight is 365 g/mol. The monoisotopic (exact) mass is 365 g/mol. The van der Waals surface area contributed by atoms with Crippen LogP contribution in [0.1, 0.15) is 58.3 Å². The maximum Gasteiger partial charge on any atom is 0.270 e. The molecule has 7 heteroatoms. The highest BCUT2D eigenvalue weighted by molar-refractivity contribution is 7.89. The van der Waals surface area contributed by atoms with Crippen LogP contribution in [-0.4, -0.2) is 24.3 Å². The van der Waals surface area contributed by atoms with E-state index in [4.69, 9.17) is 0 Å². The van der Waals surface area contributed by atoms with Crippen LogP contribution in [-0.2, 0) is 10.0 Å². The molecule has 0 bridgehead atoms. The minimum Gasteiger partial charge on any atom is -0.493 e. The summed E-state index contributed by atoms with van der Waals surface area (Å²) in [4.78, 5) is 2.75. The number of para-hydroxylation sites is 1. The summed E-state index contributed by atoms with van der Waals surface area (Å²) in [6.45, 7) is 2.19. The number of aromatic hydroxyl groups is 1. The molecule has 1 aromatic carbocycles. The molecule has 2 rings (SSSR count). The summed E-state index contributed by atoms with van der Waals surface area (Å²) in [6.07, 6.45) is 8.68. The van der Waals surface area contributed by atoms with E-state index < -0.39 is 10.0 Å². The summed E-state index contributed by atoms with van der Waals surface area (Å²) in [5.41, 5.74) is 0.851. The van der Waals surface area contributed by atoms with Crippen LogP contribution in [0, 0.1) is 0 Å². The lowest BCUT2D eigenvalue weighted by Crippen LogP contribution is -2.01. The maximum absolute atomic E-state index is 12.0. The smallest absolute Gasteiger partial charge is 0.270 e. The Hall–Kier alpha value is -1.89. The van der Waals surface area contributed by atoms with Gasteiger partial charge in [0.2, 0.25) is 5.88 Å². The Kier molecular flexibility index (Phi) is 7.43. The minimum absolute atomic E-state index is 0.00538. The number of sulfonamides is 1. The Balaban J connectivity index is 1.82. The van der Waals surface area contributed by atoms with Gasteiger partial charge in [0.05, 0.1) is 11.3 Å². The number of benzene rings is 1. The number of aromatic amines is 1.